The predicted molar refractivity (Wildman–Crippen MR) is 92.1 cm³/mol. The van der Waals surface area contributed by atoms with E-state index in [-0.39, 0.29) is 5.91 Å². The van der Waals surface area contributed by atoms with Gasteiger partial charge in [0.1, 0.15) is 5.69 Å². The maximum absolute atomic E-state index is 12.5. The number of carbonyl (C=O) groups excluding carboxylic acids is 1. The van der Waals surface area contributed by atoms with Gasteiger partial charge in [-0.3, -0.25) is 9.78 Å². The first-order valence-electron chi connectivity index (χ1n) is 8.44. The van der Waals surface area contributed by atoms with Crippen molar-refractivity contribution in [2.24, 2.45) is 0 Å². The van der Waals surface area contributed by atoms with Gasteiger partial charge < -0.3 is 10.2 Å². The molecule has 4 rings (SSSR count). The number of carbonyl (C=O) groups is 1. The van der Waals surface area contributed by atoms with E-state index < -0.39 is 0 Å². The molecule has 0 radical (unpaired) electrons. The third-order valence-electron chi connectivity index (χ3n) is 4.80. The molecule has 1 aliphatic carbocycles. The minimum absolute atomic E-state index is 0.135. The molecule has 0 saturated carbocycles. The predicted octanol–water partition coefficient (Wildman–Crippen LogP) is 3.42. The Kier molecular flexibility index (Phi) is 3.74. The highest BCUT2D eigenvalue weighted by Gasteiger charge is 2.16. The third kappa shape index (κ3) is 2.93. The standard InChI is InChI=1S/C19H21N3O/c23-19(21-16-7-6-14-4-3-5-15(14)12-16)18-13-17(8-9-20-18)22-10-1-2-11-22/h6-9,12-13H,1-5,10-11H2,(H,21,23). The molecule has 1 aromatic heterocycles. The van der Waals surface area contributed by atoms with Gasteiger partial charge in [0.05, 0.1) is 0 Å². The first-order valence-corrected chi connectivity index (χ1v) is 8.44. The van der Waals surface area contributed by atoms with Crippen LogP contribution in [-0.4, -0.2) is 24.0 Å². The Morgan fingerprint density at radius 2 is 1.83 bits per heavy atom. The molecular formula is C19H21N3O. The monoisotopic (exact) mass is 307 g/mol. The number of pyridine rings is 1. The molecule has 118 valence electrons. The average molecular weight is 307 g/mol. The number of amides is 1. The van der Waals surface area contributed by atoms with Crippen LogP contribution in [0.2, 0.25) is 0 Å². The van der Waals surface area contributed by atoms with Crippen molar-refractivity contribution in [3.05, 3.63) is 53.3 Å². The molecule has 0 atom stereocenters. The molecule has 4 heteroatoms. The zero-order valence-corrected chi connectivity index (χ0v) is 13.2. The number of nitrogens with one attached hydrogen (secondary N) is 1. The lowest BCUT2D eigenvalue weighted by Gasteiger charge is -2.17. The fraction of sp³-hybridized carbons (Fsp3) is 0.368. The van der Waals surface area contributed by atoms with Crippen molar-refractivity contribution in [2.75, 3.05) is 23.3 Å². The fourth-order valence-corrected chi connectivity index (χ4v) is 3.56. The van der Waals surface area contributed by atoms with Gasteiger partial charge in [-0.2, -0.15) is 0 Å². The Morgan fingerprint density at radius 1 is 1.00 bits per heavy atom. The summed E-state index contributed by atoms with van der Waals surface area (Å²) in [6.07, 6.45) is 7.65. The topological polar surface area (TPSA) is 45.2 Å². The molecule has 23 heavy (non-hydrogen) atoms. The number of hydrogen-bond acceptors (Lipinski definition) is 3. The second-order valence-corrected chi connectivity index (χ2v) is 6.38. The summed E-state index contributed by atoms with van der Waals surface area (Å²) < 4.78 is 0. The van der Waals surface area contributed by atoms with Crippen molar-refractivity contribution in [3.63, 3.8) is 0 Å². The van der Waals surface area contributed by atoms with Gasteiger partial charge in [0.15, 0.2) is 0 Å². The molecule has 2 heterocycles. The summed E-state index contributed by atoms with van der Waals surface area (Å²) in [7, 11) is 0. The van der Waals surface area contributed by atoms with Crippen LogP contribution in [-0.2, 0) is 12.8 Å². The second-order valence-electron chi connectivity index (χ2n) is 6.38. The van der Waals surface area contributed by atoms with Crippen molar-refractivity contribution in [1.29, 1.82) is 0 Å². The Bertz CT molecular complexity index is 735. The van der Waals surface area contributed by atoms with Crippen LogP contribution < -0.4 is 10.2 Å². The van der Waals surface area contributed by atoms with Crippen molar-refractivity contribution >= 4 is 17.3 Å². The molecule has 1 aliphatic heterocycles. The van der Waals surface area contributed by atoms with E-state index >= 15 is 0 Å². The second kappa shape index (κ2) is 6.03. The van der Waals surface area contributed by atoms with Crippen molar-refractivity contribution in [3.8, 4) is 0 Å². The van der Waals surface area contributed by atoms with Crippen LogP contribution in [0.25, 0.3) is 0 Å². The van der Waals surface area contributed by atoms with E-state index in [0.29, 0.717) is 5.69 Å². The SMILES string of the molecule is O=C(Nc1ccc2c(c1)CCC2)c1cc(N2CCCC2)ccn1. The van der Waals surface area contributed by atoms with Crippen LogP contribution in [0.4, 0.5) is 11.4 Å². The van der Waals surface area contributed by atoms with Gasteiger partial charge in [0.25, 0.3) is 5.91 Å². The van der Waals surface area contributed by atoms with Gasteiger partial charge in [-0.05, 0) is 67.5 Å². The Balaban J connectivity index is 1.51. The summed E-state index contributed by atoms with van der Waals surface area (Å²) in [5, 5.41) is 2.99. The van der Waals surface area contributed by atoms with Gasteiger partial charge in [0.2, 0.25) is 0 Å². The molecular weight excluding hydrogens is 286 g/mol. The fourth-order valence-electron chi connectivity index (χ4n) is 3.56. The highest BCUT2D eigenvalue weighted by atomic mass is 16.1. The Labute approximate surface area is 136 Å². The normalized spacial score (nSPS) is 16.4. The van der Waals surface area contributed by atoms with Gasteiger partial charge in [-0.15, -0.1) is 0 Å². The molecule has 4 nitrogen and oxygen atoms in total. The smallest absolute Gasteiger partial charge is 0.274 e. The summed E-state index contributed by atoms with van der Waals surface area (Å²) in [5.74, 6) is -0.135. The quantitative estimate of drug-likeness (QED) is 0.945. The molecule has 1 amide bonds. The van der Waals surface area contributed by atoms with Gasteiger partial charge in [-0.25, -0.2) is 0 Å². The number of aromatic nitrogens is 1. The number of rotatable bonds is 3. The lowest BCUT2D eigenvalue weighted by molar-refractivity contribution is 0.102. The van der Waals surface area contributed by atoms with Crippen molar-refractivity contribution in [1.82, 2.24) is 4.98 Å². The molecule has 1 N–H and O–H groups in total. The highest BCUT2D eigenvalue weighted by molar-refractivity contribution is 6.03. The number of fused-ring (bicyclic) bond motifs is 1. The highest BCUT2D eigenvalue weighted by Crippen LogP contribution is 2.25. The number of aryl methyl sites for hydroxylation is 2. The van der Waals surface area contributed by atoms with E-state index in [2.05, 4.69) is 27.3 Å². The first kappa shape index (κ1) is 14.2. The van der Waals surface area contributed by atoms with E-state index in [0.717, 1.165) is 37.3 Å². The summed E-state index contributed by atoms with van der Waals surface area (Å²) in [6.45, 7) is 2.13. The summed E-state index contributed by atoms with van der Waals surface area (Å²) in [6, 6.07) is 10.1. The largest absolute Gasteiger partial charge is 0.371 e. The maximum atomic E-state index is 12.5. The zero-order valence-electron chi connectivity index (χ0n) is 13.2. The molecule has 1 saturated heterocycles. The average Bonchev–Trinajstić information content (AvgIpc) is 3.26. The van der Waals surface area contributed by atoms with Crippen molar-refractivity contribution < 1.29 is 4.79 Å². The lowest BCUT2D eigenvalue weighted by atomic mass is 10.1. The van der Waals surface area contributed by atoms with Gasteiger partial charge >= 0.3 is 0 Å². The molecule has 0 unspecified atom stereocenters. The molecule has 2 aliphatic rings. The Morgan fingerprint density at radius 3 is 2.70 bits per heavy atom. The van der Waals surface area contributed by atoms with Crippen LogP contribution >= 0.6 is 0 Å². The van der Waals surface area contributed by atoms with Crippen LogP contribution in [0, 0.1) is 0 Å². The zero-order chi connectivity index (χ0) is 15.6. The van der Waals surface area contributed by atoms with E-state index in [9.17, 15) is 4.79 Å². The molecule has 0 spiro atoms. The third-order valence-corrected chi connectivity index (χ3v) is 4.80. The van der Waals surface area contributed by atoms with Crippen molar-refractivity contribution in [2.45, 2.75) is 32.1 Å². The van der Waals surface area contributed by atoms with E-state index in [1.807, 2.05) is 18.2 Å². The van der Waals surface area contributed by atoms with E-state index in [1.54, 1.807) is 6.20 Å². The van der Waals surface area contributed by atoms with Crippen LogP contribution in [0.15, 0.2) is 36.5 Å². The van der Waals surface area contributed by atoms with Crippen LogP contribution in [0.3, 0.4) is 0 Å². The molecule has 1 aromatic carbocycles. The lowest BCUT2D eigenvalue weighted by Crippen LogP contribution is -2.19. The van der Waals surface area contributed by atoms with E-state index in [4.69, 9.17) is 0 Å². The van der Waals surface area contributed by atoms with E-state index in [1.165, 1.54) is 30.4 Å². The molecule has 1 fully saturated rings. The number of nitrogens with zero attached hydrogens (tertiary/aromatic N) is 2. The minimum atomic E-state index is -0.135. The van der Waals surface area contributed by atoms with Crippen LogP contribution in [0.1, 0.15) is 40.9 Å². The van der Waals surface area contributed by atoms with Crippen LogP contribution in [0.5, 0.6) is 0 Å². The minimum Gasteiger partial charge on any atom is -0.371 e. The number of anilines is 2. The van der Waals surface area contributed by atoms with Gasteiger partial charge in [0, 0.05) is 30.7 Å². The number of hydrogen-bond donors (Lipinski definition) is 1. The summed E-state index contributed by atoms with van der Waals surface area (Å²) in [4.78, 5) is 19.0. The van der Waals surface area contributed by atoms with Gasteiger partial charge in [-0.1, -0.05) is 6.07 Å². The first-order chi connectivity index (χ1) is 11.3. The Hall–Kier alpha value is -2.36. The molecule has 0 bridgehead atoms. The summed E-state index contributed by atoms with van der Waals surface area (Å²) >= 11 is 0. The maximum Gasteiger partial charge on any atom is 0.274 e. The molecule has 2 aromatic rings. The summed E-state index contributed by atoms with van der Waals surface area (Å²) in [5.41, 5.74) is 5.22. The number of benzene rings is 1.